The smallest absolute Gasteiger partial charge is 0.238 e. The van der Waals surface area contributed by atoms with E-state index in [1.54, 1.807) is 0 Å². The minimum absolute atomic E-state index is 0.00707. The fourth-order valence-corrected chi connectivity index (χ4v) is 1.99. The summed E-state index contributed by atoms with van der Waals surface area (Å²) in [7, 11) is 0. The number of carbonyl (C=O) groups is 1. The van der Waals surface area contributed by atoms with Gasteiger partial charge < -0.3 is 10.6 Å². The number of hydrogen-bond acceptors (Lipinski definition) is 2. The van der Waals surface area contributed by atoms with Gasteiger partial charge in [-0.15, -0.1) is 0 Å². The highest BCUT2D eigenvalue weighted by molar-refractivity contribution is 5.92. The molecule has 0 saturated carbocycles. The van der Waals surface area contributed by atoms with E-state index >= 15 is 0 Å². The van der Waals surface area contributed by atoms with Gasteiger partial charge in [-0.25, -0.2) is 0 Å². The summed E-state index contributed by atoms with van der Waals surface area (Å²) in [5, 5.41) is 6.07. The predicted octanol–water partition coefficient (Wildman–Crippen LogP) is 2.77. The Hall–Kier alpha value is -2.13. The molecule has 2 rings (SSSR count). The van der Waals surface area contributed by atoms with Crippen molar-refractivity contribution in [2.24, 2.45) is 0 Å². The van der Waals surface area contributed by atoms with Crippen LogP contribution in [-0.4, -0.2) is 19.0 Å². The summed E-state index contributed by atoms with van der Waals surface area (Å²) in [5.74, 6) is -0.00707. The quantitative estimate of drug-likeness (QED) is 0.791. The predicted molar refractivity (Wildman–Crippen MR) is 82.8 cm³/mol. The summed E-state index contributed by atoms with van der Waals surface area (Å²) < 4.78 is 0. The highest BCUT2D eigenvalue weighted by atomic mass is 16.1. The van der Waals surface area contributed by atoms with Crippen LogP contribution in [0.4, 0.5) is 5.69 Å². The maximum Gasteiger partial charge on any atom is 0.238 e. The summed E-state index contributed by atoms with van der Waals surface area (Å²) in [6.07, 6.45) is 0.929. The molecule has 20 heavy (non-hydrogen) atoms. The van der Waals surface area contributed by atoms with E-state index < -0.39 is 0 Å². The number of aryl methyl sites for hydroxylation is 1. The van der Waals surface area contributed by atoms with Gasteiger partial charge in [0, 0.05) is 5.69 Å². The zero-order chi connectivity index (χ0) is 14.2. The Balaban J connectivity index is 1.69. The van der Waals surface area contributed by atoms with Crippen molar-refractivity contribution >= 4 is 11.6 Å². The van der Waals surface area contributed by atoms with E-state index in [1.165, 1.54) is 5.56 Å². The van der Waals surface area contributed by atoms with E-state index in [9.17, 15) is 4.79 Å². The third-order valence-electron chi connectivity index (χ3n) is 3.14. The van der Waals surface area contributed by atoms with Gasteiger partial charge in [-0.1, -0.05) is 48.5 Å². The van der Waals surface area contributed by atoms with E-state index in [2.05, 4.69) is 22.8 Å². The van der Waals surface area contributed by atoms with Crippen LogP contribution in [0.5, 0.6) is 0 Å². The molecule has 0 aliphatic heterocycles. The molecule has 0 aliphatic rings. The number of carbonyl (C=O) groups excluding carboxylic acids is 1. The van der Waals surface area contributed by atoms with Gasteiger partial charge in [-0.2, -0.15) is 0 Å². The van der Waals surface area contributed by atoms with Crippen LogP contribution in [0, 0.1) is 6.92 Å². The Labute approximate surface area is 120 Å². The molecule has 1 amide bonds. The highest BCUT2D eigenvalue weighted by Gasteiger charge is 2.03. The largest absolute Gasteiger partial charge is 0.325 e. The van der Waals surface area contributed by atoms with Gasteiger partial charge >= 0.3 is 0 Å². The summed E-state index contributed by atoms with van der Waals surface area (Å²) >= 11 is 0. The lowest BCUT2D eigenvalue weighted by Crippen LogP contribution is -2.29. The summed E-state index contributed by atoms with van der Waals surface area (Å²) in [4.78, 5) is 11.8. The van der Waals surface area contributed by atoms with Crippen LogP contribution in [0.2, 0.25) is 0 Å². The van der Waals surface area contributed by atoms with Gasteiger partial charge in [-0.3, -0.25) is 4.79 Å². The Morgan fingerprint density at radius 2 is 1.70 bits per heavy atom. The van der Waals surface area contributed by atoms with E-state index in [0.29, 0.717) is 6.54 Å². The molecule has 2 aromatic rings. The number of para-hydroxylation sites is 1. The molecule has 0 fully saturated rings. The maximum absolute atomic E-state index is 11.8. The zero-order valence-corrected chi connectivity index (χ0v) is 11.7. The second kappa shape index (κ2) is 7.46. The molecular weight excluding hydrogens is 248 g/mol. The molecule has 3 nitrogen and oxygen atoms in total. The minimum Gasteiger partial charge on any atom is -0.325 e. The lowest BCUT2D eigenvalue weighted by atomic mass is 10.1. The fraction of sp³-hybridized carbons (Fsp3) is 0.235. The van der Waals surface area contributed by atoms with E-state index in [0.717, 1.165) is 24.2 Å². The van der Waals surface area contributed by atoms with Gasteiger partial charge in [0.05, 0.1) is 6.54 Å². The molecule has 3 heteroatoms. The van der Waals surface area contributed by atoms with Crippen LogP contribution in [0.3, 0.4) is 0 Å². The summed E-state index contributed by atoms with van der Waals surface area (Å²) in [5.41, 5.74) is 3.23. The maximum atomic E-state index is 11.8. The van der Waals surface area contributed by atoms with Crippen LogP contribution >= 0.6 is 0 Å². The second-order valence-corrected chi connectivity index (χ2v) is 4.78. The lowest BCUT2D eigenvalue weighted by molar-refractivity contribution is -0.115. The molecule has 104 valence electrons. The van der Waals surface area contributed by atoms with Gasteiger partial charge in [0.15, 0.2) is 0 Å². The first-order chi connectivity index (χ1) is 9.75. The molecule has 2 N–H and O–H groups in total. The third kappa shape index (κ3) is 4.52. The van der Waals surface area contributed by atoms with E-state index in [4.69, 9.17) is 0 Å². The second-order valence-electron chi connectivity index (χ2n) is 4.78. The zero-order valence-electron chi connectivity index (χ0n) is 11.7. The standard InChI is InChI=1S/C17H20N2O/c1-14-7-5-6-10-16(14)19-17(20)13-18-12-11-15-8-3-2-4-9-15/h2-10,18H,11-13H2,1H3,(H,19,20). The van der Waals surface area contributed by atoms with Crippen molar-refractivity contribution in [1.29, 1.82) is 0 Å². The number of hydrogen-bond donors (Lipinski definition) is 2. The van der Waals surface area contributed by atoms with E-state index in [1.807, 2.05) is 49.4 Å². The van der Waals surface area contributed by atoms with Crippen molar-refractivity contribution in [2.75, 3.05) is 18.4 Å². The van der Waals surface area contributed by atoms with Crippen LogP contribution in [0.15, 0.2) is 54.6 Å². The minimum atomic E-state index is -0.00707. The molecule has 0 aromatic heterocycles. The van der Waals surface area contributed by atoms with Crippen molar-refractivity contribution in [3.63, 3.8) is 0 Å². The molecule has 0 radical (unpaired) electrons. The van der Waals surface area contributed by atoms with Crippen molar-refractivity contribution in [2.45, 2.75) is 13.3 Å². The summed E-state index contributed by atoms with van der Waals surface area (Å²) in [6, 6.07) is 18.0. The van der Waals surface area contributed by atoms with Crippen LogP contribution in [0.1, 0.15) is 11.1 Å². The van der Waals surface area contributed by atoms with Crippen molar-refractivity contribution in [3.8, 4) is 0 Å². The van der Waals surface area contributed by atoms with Crippen molar-refractivity contribution in [3.05, 3.63) is 65.7 Å². The number of rotatable bonds is 6. The Morgan fingerprint density at radius 3 is 2.45 bits per heavy atom. The third-order valence-corrected chi connectivity index (χ3v) is 3.14. The Kier molecular flexibility index (Phi) is 5.33. The van der Waals surface area contributed by atoms with Crippen LogP contribution in [0.25, 0.3) is 0 Å². The number of benzene rings is 2. The van der Waals surface area contributed by atoms with Gasteiger partial charge in [-0.05, 0) is 37.1 Å². The monoisotopic (exact) mass is 268 g/mol. The first-order valence-corrected chi connectivity index (χ1v) is 6.86. The average Bonchev–Trinajstić information content (AvgIpc) is 2.47. The first-order valence-electron chi connectivity index (χ1n) is 6.86. The Bertz CT molecular complexity index is 552. The summed E-state index contributed by atoms with van der Waals surface area (Å²) in [6.45, 7) is 3.12. The number of amides is 1. The van der Waals surface area contributed by atoms with E-state index in [-0.39, 0.29) is 5.91 Å². The van der Waals surface area contributed by atoms with Gasteiger partial charge in [0.25, 0.3) is 0 Å². The van der Waals surface area contributed by atoms with Gasteiger partial charge in [0.2, 0.25) is 5.91 Å². The molecule has 0 atom stereocenters. The van der Waals surface area contributed by atoms with Crippen LogP contribution < -0.4 is 10.6 Å². The normalized spacial score (nSPS) is 10.2. The molecule has 0 unspecified atom stereocenters. The Morgan fingerprint density at radius 1 is 1.00 bits per heavy atom. The van der Waals surface area contributed by atoms with Crippen molar-refractivity contribution < 1.29 is 4.79 Å². The van der Waals surface area contributed by atoms with Gasteiger partial charge in [0.1, 0.15) is 0 Å². The highest BCUT2D eigenvalue weighted by Crippen LogP contribution is 2.12. The average molecular weight is 268 g/mol. The molecule has 0 aliphatic carbocycles. The molecular formula is C17H20N2O. The molecule has 0 heterocycles. The fourth-order valence-electron chi connectivity index (χ4n) is 1.99. The molecule has 2 aromatic carbocycles. The molecule has 0 saturated heterocycles. The molecule has 0 bridgehead atoms. The van der Waals surface area contributed by atoms with Crippen molar-refractivity contribution in [1.82, 2.24) is 5.32 Å². The SMILES string of the molecule is Cc1ccccc1NC(=O)CNCCc1ccccc1. The van der Waals surface area contributed by atoms with Crippen LogP contribution in [-0.2, 0) is 11.2 Å². The topological polar surface area (TPSA) is 41.1 Å². The number of anilines is 1. The molecule has 0 spiro atoms. The first kappa shape index (κ1) is 14.3. The lowest BCUT2D eigenvalue weighted by Gasteiger charge is -2.09. The number of nitrogens with one attached hydrogen (secondary N) is 2.